The van der Waals surface area contributed by atoms with Gasteiger partial charge in [0.05, 0.1) is 18.0 Å². The number of nitrogens with one attached hydrogen (secondary N) is 1. The number of benzene rings is 2. The van der Waals surface area contributed by atoms with Gasteiger partial charge < -0.3 is 10.1 Å². The minimum Gasteiger partial charge on any atom is -0.494 e. The Morgan fingerprint density at radius 3 is 2.93 bits per heavy atom. The van der Waals surface area contributed by atoms with Gasteiger partial charge in [-0.2, -0.15) is 0 Å². The summed E-state index contributed by atoms with van der Waals surface area (Å²) in [6.45, 7) is 2.47. The summed E-state index contributed by atoms with van der Waals surface area (Å²) in [6, 6.07) is 13.0. The van der Waals surface area contributed by atoms with E-state index in [1.807, 2.05) is 43.3 Å². The van der Waals surface area contributed by atoms with E-state index in [2.05, 4.69) is 5.32 Å². The van der Waals surface area contributed by atoms with E-state index in [-0.39, 0.29) is 17.1 Å². The number of nitrogens with zero attached hydrogens (tertiary/aromatic N) is 2. The minimum atomic E-state index is -0.137. The Morgan fingerprint density at radius 1 is 1.28 bits per heavy atom. The van der Waals surface area contributed by atoms with E-state index in [1.54, 1.807) is 29.8 Å². The van der Waals surface area contributed by atoms with Crippen LogP contribution in [0.2, 0.25) is 0 Å². The van der Waals surface area contributed by atoms with Crippen LogP contribution >= 0.6 is 23.5 Å². The molecule has 2 aromatic carbocycles. The lowest BCUT2D eigenvalue weighted by molar-refractivity contribution is -0.115. The van der Waals surface area contributed by atoms with Gasteiger partial charge in [0.2, 0.25) is 5.91 Å². The molecule has 0 saturated carbocycles. The zero-order valence-electron chi connectivity index (χ0n) is 16.2. The van der Waals surface area contributed by atoms with Gasteiger partial charge in [0.25, 0.3) is 5.91 Å². The van der Waals surface area contributed by atoms with E-state index in [0.29, 0.717) is 34.4 Å². The number of fused-ring (bicyclic) bond motifs is 1. The van der Waals surface area contributed by atoms with Gasteiger partial charge in [-0.3, -0.25) is 14.5 Å². The summed E-state index contributed by atoms with van der Waals surface area (Å²) >= 11 is 3.07. The number of amidine groups is 1. The van der Waals surface area contributed by atoms with Crippen molar-refractivity contribution >= 4 is 51.9 Å². The van der Waals surface area contributed by atoms with Gasteiger partial charge in [0.1, 0.15) is 11.4 Å². The van der Waals surface area contributed by atoms with Gasteiger partial charge in [0.15, 0.2) is 5.17 Å². The number of para-hydroxylation sites is 2. The first-order valence-electron chi connectivity index (χ1n) is 9.35. The normalized spacial score (nSPS) is 20.2. The number of rotatable bonds is 3. The molecule has 1 atom stereocenters. The zero-order valence-corrected chi connectivity index (χ0v) is 17.8. The maximum absolute atomic E-state index is 13.3. The fourth-order valence-corrected chi connectivity index (χ4v) is 5.04. The molecule has 2 amide bonds. The Balaban J connectivity index is 1.64. The fourth-order valence-electron chi connectivity index (χ4n) is 3.16. The molecule has 0 aromatic heterocycles. The summed E-state index contributed by atoms with van der Waals surface area (Å²) in [4.78, 5) is 32.7. The molecule has 2 aromatic rings. The SMILES string of the molecule is COc1ccccc1N=C1SCCCN1C(=O)c1ccc2c(c1)NC(=O)C(C)S2. The Bertz CT molecular complexity index is 993. The summed E-state index contributed by atoms with van der Waals surface area (Å²) in [5, 5.41) is 3.42. The highest BCUT2D eigenvalue weighted by Crippen LogP contribution is 2.36. The topological polar surface area (TPSA) is 71.0 Å². The molecule has 0 spiro atoms. The molecule has 2 aliphatic heterocycles. The van der Waals surface area contributed by atoms with Crippen LogP contribution in [0.25, 0.3) is 0 Å². The third-order valence-corrected chi connectivity index (χ3v) is 6.93. The second-order valence-electron chi connectivity index (χ2n) is 6.69. The largest absolute Gasteiger partial charge is 0.494 e. The highest BCUT2D eigenvalue weighted by Gasteiger charge is 2.28. The molecular formula is C21H21N3O3S2. The van der Waals surface area contributed by atoms with Crippen LogP contribution in [0.1, 0.15) is 23.7 Å². The van der Waals surface area contributed by atoms with Crippen LogP contribution in [-0.4, -0.2) is 46.5 Å². The van der Waals surface area contributed by atoms with E-state index in [4.69, 9.17) is 9.73 Å². The van der Waals surface area contributed by atoms with Crippen LogP contribution in [0.5, 0.6) is 5.75 Å². The summed E-state index contributed by atoms with van der Waals surface area (Å²) in [7, 11) is 1.61. The first-order chi connectivity index (χ1) is 14.1. The maximum Gasteiger partial charge on any atom is 0.259 e. The number of hydrogen-bond donors (Lipinski definition) is 1. The van der Waals surface area contributed by atoms with Crippen LogP contribution in [-0.2, 0) is 4.79 Å². The molecule has 2 heterocycles. The quantitative estimate of drug-likeness (QED) is 0.786. The van der Waals surface area contributed by atoms with Crippen LogP contribution in [0.15, 0.2) is 52.4 Å². The number of thioether (sulfide) groups is 2. The van der Waals surface area contributed by atoms with Crippen molar-refractivity contribution in [2.75, 3.05) is 24.7 Å². The molecule has 1 unspecified atom stereocenters. The number of anilines is 1. The van der Waals surface area contributed by atoms with Gasteiger partial charge in [-0.1, -0.05) is 23.9 Å². The number of methoxy groups -OCH3 is 1. The van der Waals surface area contributed by atoms with Gasteiger partial charge in [-0.15, -0.1) is 11.8 Å². The lowest BCUT2D eigenvalue weighted by Crippen LogP contribution is -2.39. The summed E-state index contributed by atoms with van der Waals surface area (Å²) in [5.41, 5.74) is 1.92. The maximum atomic E-state index is 13.3. The number of ether oxygens (including phenoxy) is 1. The first-order valence-corrected chi connectivity index (χ1v) is 11.2. The highest BCUT2D eigenvalue weighted by atomic mass is 32.2. The first kappa shape index (κ1) is 19.8. The lowest BCUT2D eigenvalue weighted by atomic mass is 10.1. The zero-order chi connectivity index (χ0) is 20.4. The van der Waals surface area contributed by atoms with Crippen molar-refractivity contribution in [1.82, 2.24) is 4.90 Å². The Morgan fingerprint density at radius 2 is 2.10 bits per heavy atom. The summed E-state index contributed by atoms with van der Waals surface area (Å²) in [5.74, 6) is 1.42. The van der Waals surface area contributed by atoms with Crippen molar-refractivity contribution in [1.29, 1.82) is 0 Å². The van der Waals surface area contributed by atoms with Crippen LogP contribution in [0, 0.1) is 0 Å². The molecule has 1 saturated heterocycles. The van der Waals surface area contributed by atoms with E-state index in [1.165, 1.54) is 11.8 Å². The van der Waals surface area contributed by atoms with E-state index in [9.17, 15) is 9.59 Å². The second kappa shape index (κ2) is 8.51. The third kappa shape index (κ3) is 4.13. The molecule has 0 bridgehead atoms. The molecule has 29 heavy (non-hydrogen) atoms. The Kier molecular flexibility index (Phi) is 5.82. The predicted octanol–water partition coefficient (Wildman–Crippen LogP) is 4.39. The van der Waals surface area contributed by atoms with Gasteiger partial charge in [0, 0.05) is 22.8 Å². The number of carbonyl (C=O) groups excluding carboxylic acids is 2. The number of amides is 2. The molecule has 6 nitrogen and oxygen atoms in total. The highest BCUT2D eigenvalue weighted by molar-refractivity contribution is 8.13. The van der Waals surface area contributed by atoms with Crippen molar-refractivity contribution in [3.05, 3.63) is 48.0 Å². The van der Waals surface area contributed by atoms with Crippen LogP contribution < -0.4 is 10.1 Å². The molecule has 8 heteroatoms. The van der Waals surface area contributed by atoms with E-state index in [0.717, 1.165) is 17.1 Å². The molecular weight excluding hydrogens is 406 g/mol. The Labute approximate surface area is 178 Å². The monoisotopic (exact) mass is 427 g/mol. The van der Waals surface area contributed by atoms with Gasteiger partial charge >= 0.3 is 0 Å². The van der Waals surface area contributed by atoms with Crippen molar-refractivity contribution in [3.63, 3.8) is 0 Å². The smallest absolute Gasteiger partial charge is 0.259 e. The van der Waals surface area contributed by atoms with Gasteiger partial charge in [-0.05, 0) is 43.7 Å². The van der Waals surface area contributed by atoms with Crippen molar-refractivity contribution in [3.8, 4) is 5.75 Å². The van der Waals surface area contributed by atoms with Crippen LogP contribution in [0.4, 0.5) is 11.4 Å². The van der Waals surface area contributed by atoms with E-state index >= 15 is 0 Å². The predicted molar refractivity (Wildman–Crippen MR) is 119 cm³/mol. The minimum absolute atomic E-state index is 0.0425. The lowest BCUT2D eigenvalue weighted by Gasteiger charge is -2.28. The summed E-state index contributed by atoms with van der Waals surface area (Å²) < 4.78 is 5.39. The average Bonchev–Trinajstić information content (AvgIpc) is 2.74. The van der Waals surface area contributed by atoms with Crippen molar-refractivity contribution in [2.24, 2.45) is 4.99 Å². The van der Waals surface area contributed by atoms with Crippen molar-refractivity contribution < 1.29 is 14.3 Å². The average molecular weight is 428 g/mol. The fraction of sp³-hybridized carbons (Fsp3) is 0.286. The summed E-state index contributed by atoms with van der Waals surface area (Å²) in [6.07, 6.45) is 0.899. The number of hydrogen-bond acceptors (Lipinski definition) is 6. The molecule has 1 N–H and O–H groups in total. The molecule has 0 aliphatic carbocycles. The number of aliphatic imine (C=N–C) groups is 1. The van der Waals surface area contributed by atoms with Crippen LogP contribution in [0.3, 0.4) is 0 Å². The molecule has 2 aliphatic rings. The van der Waals surface area contributed by atoms with Crippen molar-refractivity contribution in [2.45, 2.75) is 23.5 Å². The third-order valence-electron chi connectivity index (χ3n) is 4.69. The number of carbonyl (C=O) groups is 2. The standard InChI is InChI=1S/C21H21N3O3S2/c1-13-19(25)22-16-12-14(8-9-18(16)29-13)20(26)24-10-5-11-28-21(24)23-15-6-3-4-7-17(15)27-2/h3-4,6-9,12-13H,5,10-11H2,1-2H3,(H,22,25). The Hall–Kier alpha value is -2.45. The molecule has 4 rings (SSSR count). The molecule has 150 valence electrons. The molecule has 1 fully saturated rings. The van der Waals surface area contributed by atoms with Gasteiger partial charge in [-0.25, -0.2) is 4.99 Å². The second-order valence-corrected chi connectivity index (χ2v) is 9.13. The molecule has 0 radical (unpaired) electrons. The van der Waals surface area contributed by atoms with E-state index < -0.39 is 0 Å².